The first-order valence-corrected chi connectivity index (χ1v) is 10.5. The first-order chi connectivity index (χ1) is 14.5. The van der Waals surface area contributed by atoms with Crippen molar-refractivity contribution in [1.29, 1.82) is 0 Å². The van der Waals surface area contributed by atoms with Gasteiger partial charge in [0.15, 0.2) is 11.5 Å². The van der Waals surface area contributed by atoms with Crippen molar-refractivity contribution < 1.29 is 19.1 Å². The molecule has 0 saturated carbocycles. The Hall–Kier alpha value is -2.73. The Balaban J connectivity index is 1.59. The van der Waals surface area contributed by atoms with Crippen LogP contribution in [0.4, 0.5) is 0 Å². The van der Waals surface area contributed by atoms with Gasteiger partial charge in [-0.25, -0.2) is 0 Å². The van der Waals surface area contributed by atoms with E-state index >= 15 is 0 Å². The van der Waals surface area contributed by atoms with Gasteiger partial charge in [0, 0.05) is 19.6 Å². The van der Waals surface area contributed by atoms with E-state index in [1.165, 1.54) is 0 Å². The number of rotatable bonds is 7. The quantitative estimate of drug-likeness (QED) is 0.723. The summed E-state index contributed by atoms with van der Waals surface area (Å²) >= 11 is 6.16. The lowest BCUT2D eigenvalue weighted by Gasteiger charge is -2.32. The van der Waals surface area contributed by atoms with E-state index in [1.54, 1.807) is 36.3 Å². The van der Waals surface area contributed by atoms with Crippen LogP contribution >= 0.6 is 11.6 Å². The topological polar surface area (TPSA) is 67.9 Å². The molecule has 6 nitrogen and oxygen atoms in total. The molecule has 1 aliphatic rings. The summed E-state index contributed by atoms with van der Waals surface area (Å²) in [5.41, 5.74) is 1.39. The molecule has 0 unspecified atom stereocenters. The standard InChI is InChI=1S/C23H27ClN2O4/c1-3-30-20-11-10-16(13-21(20)29-2)14-25-22(27)17-7-6-12-26(15-17)23(28)18-8-4-5-9-19(18)24/h4-5,8-11,13,17H,3,6-7,12,14-15H2,1-2H3,(H,25,27)/t17-/m1/s1. The van der Waals surface area contributed by atoms with E-state index in [0.717, 1.165) is 18.4 Å². The van der Waals surface area contributed by atoms with Crippen molar-refractivity contribution in [3.05, 3.63) is 58.6 Å². The van der Waals surface area contributed by atoms with Gasteiger partial charge in [-0.2, -0.15) is 0 Å². The number of hydrogen-bond donors (Lipinski definition) is 1. The minimum atomic E-state index is -0.241. The van der Waals surface area contributed by atoms with Gasteiger partial charge in [-0.15, -0.1) is 0 Å². The maximum Gasteiger partial charge on any atom is 0.255 e. The fraction of sp³-hybridized carbons (Fsp3) is 0.391. The van der Waals surface area contributed by atoms with Crippen molar-refractivity contribution in [2.24, 2.45) is 5.92 Å². The largest absolute Gasteiger partial charge is 0.493 e. The van der Waals surface area contributed by atoms with E-state index in [1.807, 2.05) is 25.1 Å². The average molecular weight is 431 g/mol. The third-order valence-corrected chi connectivity index (χ3v) is 5.51. The van der Waals surface area contributed by atoms with Crippen LogP contribution in [0, 0.1) is 5.92 Å². The molecule has 1 saturated heterocycles. The zero-order valence-electron chi connectivity index (χ0n) is 17.3. The molecule has 3 rings (SSSR count). The minimum absolute atomic E-state index is 0.0560. The Morgan fingerprint density at radius 3 is 2.73 bits per heavy atom. The van der Waals surface area contributed by atoms with Gasteiger partial charge in [0.25, 0.3) is 5.91 Å². The Labute approximate surface area is 182 Å². The number of nitrogens with zero attached hydrogens (tertiary/aromatic N) is 1. The molecule has 0 spiro atoms. The van der Waals surface area contributed by atoms with Crippen LogP contribution in [0.2, 0.25) is 5.02 Å². The number of ether oxygens (including phenoxy) is 2. The lowest BCUT2D eigenvalue weighted by Crippen LogP contribution is -2.45. The molecule has 1 aliphatic heterocycles. The molecular formula is C23H27ClN2O4. The minimum Gasteiger partial charge on any atom is -0.493 e. The van der Waals surface area contributed by atoms with E-state index in [0.29, 0.717) is 48.3 Å². The monoisotopic (exact) mass is 430 g/mol. The van der Waals surface area contributed by atoms with E-state index in [-0.39, 0.29) is 17.7 Å². The van der Waals surface area contributed by atoms with Gasteiger partial charge in [-0.05, 0) is 49.6 Å². The van der Waals surface area contributed by atoms with Gasteiger partial charge in [0.05, 0.1) is 30.2 Å². The fourth-order valence-electron chi connectivity index (χ4n) is 3.61. The second kappa shape index (κ2) is 10.3. The molecule has 7 heteroatoms. The highest BCUT2D eigenvalue weighted by Gasteiger charge is 2.29. The number of carbonyl (C=O) groups is 2. The highest BCUT2D eigenvalue weighted by Crippen LogP contribution is 2.28. The zero-order valence-corrected chi connectivity index (χ0v) is 18.1. The van der Waals surface area contributed by atoms with Crippen LogP contribution in [-0.4, -0.2) is 43.5 Å². The van der Waals surface area contributed by atoms with E-state index in [4.69, 9.17) is 21.1 Å². The molecule has 1 heterocycles. The summed E-state index contributed by atoms with van der Waals surface area (Å²) < 4.78 is 10.9. The number of amides is 2. The summed E-state index contributed by atoms with van der Waals surface area (Å²) in [5.74, 6) is 0.887. The van der Waals surface area contributed by atoms with Crippen LogP contribution in [-0.2, 0) is 11.3 Å². The summed E-state index contributed by atoms with van der Waals surface area (Å²) in [7, 11) is 1.59. The summed E-state index contributed by atoms with van der Waals surface area (Å²) in [5, 5.41) is 3.41. The molecule has 0 bridgehead atoms. The van der Waals surface area contributed by atoms with Gasteiger partial charge >= 0.3 is 0 Å². The number of halogens is 1. The van der Waals surface area contributed by atoms with Gasteiger partial charge in [-0.3, -0.25) is 9.59 Å². The van der Waals surface area contributed by atoms with Crippen LogP contribution in [0.3, 0.4) is 0 Å². The number of nitrogens with one attached hydrogen (secondary N) is 1. The maximum atomic E-state index is 12.8. The fourth-order valence-corrected chi connectivity index (χ4v) is 3.83. The normalized spacial score (nSPS) is 16.1. The van der Waals surface area contributed by atoms with Crippen molar-refractivity contribution in [3.8, 4) is 11.5 Å². The summed E-state index contributed by atoms with van der Waals surface area (Å²) in [6.07, 6.45) is 1.54. The van der Waals surface area contributed by atoms with Gasteiger partial charge in [0.2, 0.25) is 5.91 Å². The van der Waals surface area contributed by atoms with Crippen molar-refractivity contribution in [2.75, 3.05) is 26.8 Å². The first-order valence-electron chi connectivity index (χ1n) is 10.1. The Morgan fingerprint density at radius 2 is 2.00 bits per heavy atom. The van der Waals surface area contributed by atoms with Crippen LogP contribution in [0.15, 0.2) is 42.5 Å². The number of likely N-dealkylation sites (tertiary alicyclic amines) is 1. The zero-order chi connectivity index (χ0) is 21.5. The SMILES string of the molecule is CCOc1ccc(CNC(=O)[C@@H]2CCCN(C(=O)c3ccccc3Cl)C2)cc1OC. The third-order valence-electron chi connectivity index (χ3n) is 5.18. The molecule has 2 aromatic carbocycles. The highest BCUT2D eigenvalue weighted by atomic mass is 35.5. The van der Waals surface area contributed by atoms with E-state index < -0.39 is 0 Å². The smallest absolute Gasteiger partial charge is 0.255 e. The molecule has 1 N–H and O–H groups in total. The summed E-state index contributed by atoms with van der Waals surface area (Å²) in [6.45, 7) is 3.87. The lowest BCUT2D eigenvalue weighted by molar-refractivity contribution is -0.126. The van der Waals surface area contributed by atoms with E-state index in [9.17, 15) is 9.59 Å². The molecule has 0 aromatic heterocycles. The predicted octanol–water partition coefficient (Wildman–Crippen LogP) is 3.92. The first kappa shape index (κ1) is 22.0. The Morgan fingerprint density at radius 1 is 1.20 bits per heavy atom. The molecule has 2 aromatic rings. The lowest BCUT2D eigenvalue weighted by atomic mass is 9.96. The Kier molecular flexibility index (Phi) is 7.57. The van der Waals surface area contributed by atoms with Gasteiger partial charge in [0.1, 0.15) is 0 Å². The molecule has 30 heavy (non-hydrogen) atoms. The number of benzene rings is 2. The summed E-state index contributed by atoms with van der Waals surface area (Å²) in [4.78, 5) is 27.3. The second-order valence-corrected chi connectivity index (χ2v) is 7.61. The van der Waals surface area contributed by atoms with Gasteiger partial charge < -0.3 is 19.7 Å². The molecule has 2 amide bonds. The van der Waals surface area contributed by atoms with Crippen molar-refractivity contribution >= 4 is 23.4 Å². The van der Waals surface area contributed by atoms with Crippen molar-refractivity contribution in [3.63, 3.8) is 0 Å². The number of carbonyl (C=O) groups excluding carboxylic acids is 2. The Bertz CT molecular complexity index is 903. The van der Waals surface area contributed by atoms with Crippen LogP contribution < -0.4 is 14.8 Å². The third kappa shape index (κ3) is 5.25. The average Bonchev–Trinajstić information content (AvgIpc) is 2.78. The molecule has 160 valence electrons. The van der Waals surface area contributed by atoms with Crippen molar-refractivity contribution in [2.45, 2.75) is 26.3 Å². The maximum absolute atomic E-state index is 12.8. The van der Waals surface area contributed by atoms with E-state index in [2.05, 4.69) is 5.32 Å². The molecule has 0 aliphatic carbocycles. The molecular weight excluding hydrogens is 404 g/mol. The molecule has 1 fully saturated rings. The van der Waals surface area contributed by atoms with Crippen molar-refractivity contribution in [1.82, 2.24) is 10.2 Å². The predicted molar refractivity (Wildman–Crippen MR) is 116 cm³/mol. The molecule has 0 radical (unpaired) electrons. The number of methoxy groups -OCH3 is 1. The second-order valence-electron chi connectivity index (χ2n) is 7.21. The highest BCUT2D eigenvalue weighted by molar-refractivity contribution is 6.33. The van der Waals surface area contributed by atoms with Crippen LogP contribution in [0.5, 0.6) is 11.5 Å². The molecule has 1 atom stereocenters. The summed E-state index contributed by atoms with van der Waals surface area (Å²) in [6, 6.07) is 12.6. The van der Waals surface area contributed by atoms with Crippen LogP contribution in [0.25, 0.3) is 0 Å². The number of hydrogen-bond acceptors (Lipinski definition) is 4. The van der Waals surface area contributed by atoms with Gasteiger partial charge in [-0.1, -0.05) is 29.8 Å². The number of piperidine rings is 1. The van der Waals surface area contributed by atoms with Crippen LogP contribution in [0.1, 0.15) is 35.7 Å².